The highest BCUT2D eigenvalue weighted by Gasteiger charge is 2.30. The van der Waals surface area contributed by atoms with E-state index in [0.29, 0.717) is 25.8 Å². The SMILES string of the molecule is O=C(O)C(CCc1ccccc1)NC(=O)C1CC(O)CN1. The Bertz CT molecular complexity index is 492. The van der Waals surface area contributed by atoms with Gasteiger partial charge in [-0.3, -0.25) is 4.79 Å². The number of carboxylic acids is 1. The first-order chi connectivity index (χ1) is 10.1. The van der Waals surface area contributed by atoms with Gasteiger partial charge >= 0.3 is 5.97 Å². The van der Waals surface area contributed by atoms with Crippen LogP contribution in [0.5, 0.6) is 0 Å². The van der Waals surface area contributed by atoms with Crippen LogP contribution in [0.2, 0.25) is 0 Å². The number of carboxylic acid groups (broad SMARTS) is 1. The second-order valence-corrected chi connectivity index (χ2v) is 5.27. The van der Waals surface area contributed by atoms with Crippen LogP contribution in [0, 0.1) is 0 Å². The molecule has 0 spiro atoms. The summed E-state index contributed by atoms with van der Waals surface area (Å²) in [7, 11) is 0. The van der Waals surface area contributed by atoms with Crippen molar-refractivity contribution in [2.24, 2.45) is 0 Å². The van der Waals surface area contributed by atoms with Gasteiger partial charge in [0, 0.05) is 6.54 Å². The Morgan fingerprint density at radius 3 is 2.62 bits per heavy atom. The minimum absolute atomic E-state index is 0.316. The van der Waals surface area contributed by atoms with Gasteiger partial charge in [-0.05, 0) is 24.8 Å². The zero-order valence-electron chi connectivity index (χ0n) is 11.7. The minimum Gasteiger partial charge on any atom is -0.480 e. The van der Waals surface area contributed by atoms with Crippen molar-refractivity contribution in [3.63, 3.8) is 0 Å². The third-order valence-electron chi connectivity index (χ3n) is 3.60. The third kappa shape index (κ3) is 4.54. The van der Waals surface area contributed by atoms with Gasteiger partial charge < -0.3 is 20.8 Å². The second kappa shape index (κ2) is 7.19. The highest BCUT2D eigenvalue weighted by atomic mass is 16.4. The molecule has 1 heterocycles. The highest BCUT2D eigenvalue weighted by molar-refractivity contribution is 5.87. The molecule has 1 saturated heterocycles. The summed E-state index contributed by atoms with van der Waals surface area (Å²) in [5.41, 5.74) is 1.03. The van der Waals surface area contributed by atoms with Crippen LogP contribution in [-0.4, -0.2) is 46.8 Å². The second-order valence-electron chi connectivity index (χ2n) is 5.27. The summed E-state index contributed by atoms with van der Waals surface area (Å²) in [6, 6.07) is 8.11. The predicted octanol–water partition coefficient (Wildman–Crippen LogP) is -0.0886. The largest absolute Gasteiger partial charge is 0.480 e. The molecule has 0 bridgehead atoms. The highest BCUT2D eigenvalue weighted by Crippen LogP contribution is 2.09. The number of hydrogen-bond donors (Lipinski definition) is 4. The molecule has 0 radical (unpaired) electrons. The molecule has 3 unspecified atom stereocenters. The van der Waals surface area contributed by atoms with E-state index < -0.39 is 24.2 Å². The Morgan fingerprint density at radius 2 is 2.05 bits per heavy atom. The first kappa shape index (κ1) is 15.5. The maximum Gasteiger partial charge on any atom is 0.326 e. The average molecular weight is 292 g/mol. The minimum atomic E-state index is -1.04. The molecule has 6 heteroatoms. The molecule has 1 fully saturated rings. The smallest absolute Gasteiger partial charge is 0.326 e. The zero-order valence-corrected chi connectivity index (χ0v) is 11.7. The number of carbonyl (C=O) groups is 2. The number of benzene rings is 1. The molecule has 0 saturated carbocycles. The van der Waals surface area contributed by atoms with Gasteiger partial charge in [-0.25, -0.2) is 4.79 Å². The molecular formula is C15H20N2O4. The molecule has 1 aliphatic rings. The molecule has 0 aromatic heterocycles. The summed E-state index contributed by atoms with van der Waals surface area (Å²) in [6.07, 6.45) is 0.684. The molecule has 114 valence electrons. The van der Waals surface area contributed by atoms with Crippen LogP contribution >= 0.6 is 0 Å². The number of carbonyl (C=O) groups excluding carboxylic acids is 1. The first-order valence-electron chi connectivity index (χ1n) is 7.05. The van der Waals surface area contributed by atoms with Gasteiger partial charge in [-0.1, -0.05) is 30.3 Å². The van der Waals surface area contributed by atoms with E-state index in [2.05, 4.69) is 10.6 Å². The van der Waals surface area contributed by atoms with Crippen LogP contribution in [0.1, 0.15) is 18.4 Å². The van der Waals surface area contributed by atoms with E-state index in [1.165, 1.54) is 0 Å². The van der Waals surface area contributed by atoms with Crippen LogP contribution in [0.4, 0.5) is 0 Å². The lowest BCUT2D eigenvalue weighted by molar-refractivity contribution is -0.142. The van der Waals surface area contributed by atoms with Gasteiger partial charge in [-0.15, -0.1) is 0 Å². The van der Waals surface area contributed by atoms with Gasteiger partial charge in [0.15, 0.2) is 0 Å². The van der Waals surface area contributed by atoms with Crippen molar-refractivity contribution < 1.29 is 19.8 Å². The number of aliphatic hydroxyl groups is 1. The fourth-order valence-electron chi connectivity index (χ4n) is 2.40. The number of amides is 1. The maximum absolute atomic E-state index is 12.0. The van der Waals surface area contributed by atoms with Gasteiger partial charge in [0.05, 0.1) is 12.1 Å². The van der Waals surface area contributed by atoms with Crippen LogP contribution in [0.15, 0.2) is 30.3 Å². The van der Waals surface area contributed by atoms with E-state index in [0.717, 1.165) is 5.56 Å². The summed E-state index contributed by atoms with van der Waals surface area (Å²) < 4.78 is 0. The summed E-state index contributed by atoms with van der Waals surface area (Å²) in [5, 5.41) is 24.0. The van der Waals surface area contributed by atoms with Crippen molar-refractivity contribution in [3.05, 3.63) is 35.9 Å². The molecule has 4 N–H and O–H groups in total. The van der Waals surface area contributed by atoms with Gasteiger partial charge in [-0.2, -0.15) is 0 Å². The Kier molecular flexibility index (Phi) is 5.30. The number of nitrogens with one attached hydrogen (secondary N) is 2. The quantitative estimate of drug-likeness (QED) is 0.587. The zero-order chi connectivity index (χ0) is 15.2. The topological polar surface area (TPSA) is 98.7 Å². The van der Waals surface area contributed by atoms with Crippen LogP contribution in [0.25, 0.3) is 0 Å². The van der Waals surface area contributed by atoms with Crippen LogP contribution < -0.4 is 10.6 Å². The molecule has 1 amide bonds. The monoisotopic (exact) mass is 292 g/mol. The molecule has 2 rings (SSSR count). The molecule has 1 aromatic carbocycles. The number of hydrogen-bond acceptors (Lipinski definition) is 4. The lowest BCUT2D eigenvalue weighted by Gasteiger charge is -2.17. The first-order valence-corrected chi connectivity index (χ1v) is 7.05. The number of rotatable bonds is 6. The van der Waals surface area contributed by atoms with E-state index in [1.54, 1.807) is 0 Å². The van der Waals surface area contributed by atoms with E-state index >= 15 is 0 Å². The van der Waals surface area contributed by atoms with E-state index in [-0.39, 0.29) is 5.91 Å². The summed E-state index contributed by atoms with van der Waals surface area (Å²) in [4.78, 5) is 23.2. The molecular weight excluding hydrogens is 272 g/mol. The van der Waals surface area contributed by atoms with Crippen molar-refractivity contribution in [2.75, 3.05) is 6.54 Å². The predicted molar refractivity (Wildman–Crippen MR) is 76.7 cm³/mol. The normalized spacial score (nSPS) is 22.7. The average Bonchev–Trinajstić information content (AvgIpc) is 2.90. The Balaban J connectivity index is 1.87. The van der Waals surface area contributed by atoms with E-state index in [9.17, 15) is 19.8 Å². The summed E-state index contributed by atoms with van der Waals surface area (Å²) in [6.45, 7) is 0.361. The van der Waals surface area contributed by atoms with Crippen molar-refractivity contribution in [1.29, 1.82) is 0 Å². The van der Waals surface area contributed by atoms with Crippen LogP contribution in [-0.2, 0) is 16.0 Å². The molecule has 3 atom stereocenters. The maximum atomic E-state index is 12.0. The number of β-amino-alcohol motifs (C(OH)–C–C–N with tert-alkyl or cyclic N) is 1. The molecule has 0 aliphatic carbocycles. The number of aliphatic hydroxyl groups excluding tert-OH is 1. The Morgan fingerprint density at radius 1 is 1.33 bits per heavy atom. The van der Waals surface area contributed by atoms with Crippen LogP contribution in [0.3, 0.4) is 0 Å². The van der Waals surface area contributed by atoms with Gasteiger partial charge in [0.2, 0.25) is 5.91 Å². The standard InChI is InChI=1S/C15H20N2O4/c18-11-8-13(16-9-11)14(19)17-12(15(20)21)7-6-10-4-2-1-3-5-10/h1-5,11-13,16,18H,6-9H2,(H,17,19)(H,20,21). The molecule has 1 aliphatic heterocycles. The van der Waals surface area contributed by atoms with Gasteiger partial charge in [0.25, 0.3) is 0 Å². The molecule has 21 heavy (non-hydrogen) atoms. The lowest BCUT2D eigenvalue weighted by Crippen LogP contribution is -2.48. The number of aliphatic carboxylic acids is 1. The Hall–Kier alpha value is -1.92. The summed E-state index contributed by atoms with van der Waals surface area (Å²) in [5.74, 6) is -1.41. The molecule has 1 aromatic rings. The van der Waals surface area contributed by atoms with E-state index in [1.807, 2.05) is 30.3 Å². The number of aryl methyl sites for hydroxylation is 1. The van der Waals surface area contributed by atoms with Crippen molar-refractivity contribution in [2.45, 2.75) is 37.5 Å². The third-order valence-corrected chi connectivity index (χ3v) is 3.60. The van der Waals surface area contributed by atoms with Crippen molar-refractivity contribution in [3.8, 4) is 0 Å². The molecule has 6 nitrogen and oxygen atoms in total. The fourth-order valence-corrected chi connectivity index (χ4v) is 2.40. The Labute approximate surface area is 123 Å². The van der Waals surface area contributed by atoms with Crippen molar-refractivity contribution >= 4 is 11.9 Å². The lowest BCUT2D eigenvalue weighted by atomic mass is 10.0. The van der Waals surface area contributed by atoms with Crippen molar-refractivity contribution in [1.82, 2.24) is 10.6 Å². The fraction of sp³-hybridized carbons (Fsp3) is 0.467. The van der Waals surface area contributed by atoms with E-state index in [4.69, 9.17) is 0 Å². The summed E-state index contributed by atoms with van der Waals surface area (Å²) >= 11 is 0. The van der Waals surface area contributed by atoms with Gasteiger partial charge in [0.1, 0.15) is 6.04 Å².